The van der Waals surface area contributed by atoms with Crippen LogP contribution in [0.15, 0.2) is 36.5 Å². The molecule has 1 aliphatic rings. The molecule has 2 heterocycles. The maximum atomic E-state index is 12.1. The van der Waals surface area contributed by atoms with Gasteiger partial charge in [0, 0.05) is 24.2 Å². The molecule has 90 valence electrons. The number of carbonyl (C=O) groups is 1. The molecule has 1 aromatic carbocycles. The van der Waals surface area contributed by atoms with Crippen LogP contribution in [0.2, 0.25) is 0 Å². The largest absolute Gasteiger partial charge is 0.497 e. The fraction of sp³-hybridized carbons (Fsp3) is 0.143. The van der Waals surface area contributed by atoms with Crippen molar-refractivity contribution in [2.24, 2.45) is 0 Å². The van der Waals surface area contributed by atoms with Crippen molar-refractivity contribution in [2.45, 2.75) is 6.42 Å². The predicted molar refractivity (Wildman–Crippen MR) is 65.3 cm³/mol. The van der Waals surface area contributed by atoms with Crippen molar-refractivity contribution in [1.29, 1.82) is 0 Å². The lowest BCUT2D eigenvalue weighted by atomic mass is 10.0. The summed E-state index contributed by atoms with van der Waals surface area (Å²) >= 11 is 0. The quantitative estimate of drug-likeness (QED) is 0.770. The fourth-order valence-electron chi connectivity index (χ4n) is 1.96. The number of Topliss-reactive ketones (excluding diaryl/α,β-unsaturated/α-hetero) is 1. The number of rotatable bonds is 1. The average Bonchev–Trinajstić information content (AvgIpc) is 2.54. The molecule has 0 unspecified atom stereocenters. The van der Waals surface area contributed by atoms with Crippen molar-refractivity contribution in [3.8, 4) is 17.4 Å². The van der Waals surface area contributed by atoms with Gasteiger partial charge < -0.3 is 9.47 Å². The number of hydrogen-bond acceptors (Lipinski definition) is 4. The molecule has 1 aliphatic heterocycles. The van der Waals surface area contributed by atoms with Crippen LogP contribution in [0.1, 0.15) is 15.9 Å². The van der Waals surface area contributed by atoms with E-state index in [0.29, 0.717) is 29.4 Å². The van der Waals surface area contributed by atoms with E-state index in [1.165, 1.54) is 0 Å². The van der Waals surface area contributed by atoms with Crippen molar-refractivity contribution < 1.29 is 14.3 Å². The van der Waals surface area contributed by atoms with Crippen molar-refractivity contribution in [3.05, 3.63) is 47.7 Å². The van der Waals surface area contributed by atoms with Gasteiger partial charge in [0.05, 0.1) is 12.7 Å². The van der Waals surface area contributed by atoms with Gasteiger partial charge in [-0.3, -0.25) is 4.79 Å². The molecule has 0 fully saturated rings. The Labute approximate surface area is 104 Å². The predicted octanol–water partition coefficient (Wildman–Crippen LogP) is 2.62. The van der Waals surface area contributed by atoms with Gasteiger partial charge in [0.1, 0.15) is 11.5 Å². The van der Waals surface area contributed by atoms with Crippen molar-refractivity contribution in [3.63, 3.8) is 0 Å². The Balaban J connectivity index is 2.13. The molecule has 0 amide bonds. The minimum Gasteiger partial charge on any atom is -0.497 e. The molecule has 0 saturated heterocycles. The molecule has 0 spiro atoms. The highest BCUT2D eigenvalue weighted by molar-refractivity contribution is 6.00. The summed E-state index contributed by atoms with van der Waals surface area (Å²) in [4.78, 5) is 16.2. The molecule has 0 atom stereocenters. The van der Waals surface area contributed by atoms with Gasteiger partial charge in [0.2, 0.25) is 5.88 Å². The van der Waals surface area contributed by atoms with Gasteiger partial charge in [-0.15, -0.1) is 0 Å². The summed E-state index contributed by atoms with van der Waals surface area (Å²) in [6.07, 6.45) is 1.93. The number of carbonyl (C=O) groups excluding carboxylic acids is 1. The first-order valence-electron chi connectivity index (χ1n) is 5.61. The zero-order chi connectivity index (χ0) is 12.5. The SMILES string of the molecule is COc1ccc2c(c1)Oc1ncccc1C(=O)C2. The number of methoxy groups -OCH3 is 1. The lowest BCUT2D eigenvalue weighted by Gasteiger charge is -2.08. The van der Waals surface area contributed by atoms with Crippen LogP contribution in [-0.4, -0.2) is 17.9 Å². The van der Waals surface area contributed by atoms with E-state index < -0.39 is 0 Å². The van der Waals surface area contributed by atoms with Crippen LogP contribution < -0.4 is 9.47 Å². The first-order chi connectivity index (χ1) is 8.78. The zero-order valence-electron chi connectivity index (χ0n) is 9.84. The first-order valence-corrected chi connectivity index (χ1v) is 5.61. The molecule has 2 aromatic rings. The Bertz CT molecular complexity index is 622. The third-order valence-electron chi connectivity index (χ3n) is 2.90. The summed E-state index contributed by atoms with van der Waals surface area (Å²) in [5, 5.41) is 0. The van der Waals surface area contributed by atoms with Crippen LogP contribution in [0.25, 0.3) is 0 Å². The van der Waals surface area contributed by atoms with E-state index in [-0.39, 0.29) is 5.78 Å². The summed E-state index contributed by atoms with van der Waals surface area (Å²) in [7, 11) is 1.59. The molecule has 0 aliphatic carbocycles. The number of ketones is 1. The lowest BCUT2D eigenvalue weighted by Crippen LogP contribution is -2.02. The summed E-state index contributed by atoms with van der Waals surface area (Å²) in [6.45, 7) is 0. The fourth-order valence-corrected chi connectivity index (χ4v) is 1.96. The Morgan fingerprint density at radius 2 is 2.22 bits per heavy atom. The number of fused-ring (bicyclic) bond motifs is 2. The third kappa shape index (κ3) is 1.72. The van der Waals surface area contributed by atoms with Crippen LogP contribution >= 0.6 is 0 Å². The minimum atomic E-state index is 0.0158. The molecule has 4 nitrogen and oxygen atoms in total. The molecule has 18 heavy (non-hydrogen) atoms. The van der Waals surface area contributed by atoms with Gasteiger partial charge in [-0.05, 0) is 18.2 Å². The van der Waals surface area contributed by atoms with E-state index in [0.717, 1.165) is 5.56 Å². The van der Waals surface area contributed by atoms with E-state index in [4.69, 9.17) is 9.47 Å². The molecule has 0 bridgehead atoms. The molecular weight excluding hydrogens is 230 g/mol. The summed E-state index contributed by atoms with van der Waals surface area (Å²) < 4.78 is 10.9. The summed E-state index contributed by atoms with van der Waals surface area (Å²) in [6, 6.07) is 8.90. The van der Waals surface area contributed by atoms with Gasteiger partial charge in [0.25, 0.3) is 0 Å². The number of pyridine rings is 1. The molecular formula is C14H11NO3. The Kier molecular flexibility index (Phi) is 2.48. The third-order valence-corrected chi connectivity index (χ3v) is 2.90. The van der Waals surface area contributed by atoms with E-state index in [1.807, 2.05) is 12.1 Å². The molecule has 1 aromatic heterocycles. The standard InChI is InChI=1S/C14H11NO3/c1-17-10-5-4-9-7-12(16)11-3-2-6-15-14(11)18-13(9)8-10/h2-6,8H,7H2,1H3. The molecule has 4 heteroatoms. The molecule has 0 N–H and O–H groups in total. The Morgan fingerprint density at radius 3 is 3.06 bits per heavy atom. The van der Waals surface area contributed by atoms with Crippen LogP contribution in [0, 0.1) is 0 Å². The van der Waals surface area contributed by atoms with Crippen LogP contribution in [0.4, 0.5) is 0 Å². The Hall–Kier alpha value is -2.36. The van der Waals surface area contributed by atoms with E-state index in [9.17, 15) is 4.79 Å². The summed E-state index contributed by atoms with van der Waals surface area (Å²) in [5.41, 5.74) is 1.37. The second-order valence-corrected chi connectivity index (χ2v) is 4.03. The number of benzene rings is 1. The minimum absolute atomic E-state index is 0.0158. The highest BCUT2D eigenvalue weighted by Gasteiger charge is 2.22. The van der Waals surface area contributed by atoms with Crippen molar-refractivity contribution in [2.75, 3.05) is 7.11 Å². The van der Waals surface area contributed by atoms with Crippen molar-refractivity contribution in [1.82, 2.24) is 4.98 Å². The lowest BCUT2D eigenvalue weighted by molar-refractivity contribution is 0.0993. The van der Waals surface area contributed by atoms with Crippen LogP contribution in [0.5, 0.6) is 17.4 Å². The molecule has 0 saturated carbocycles. The van der Waals surface area contributed by atoms with Gasteiger partial charge in [0.15, 0.2) is 5.78 Å². The van der Waals surface area contributed by atoms with E-state index in [2.05, 4.69) is 4.98 Å². The maximum absolute atomic E-state index is 12.1. The highest BCUT2D eigenvalue weighted by Crippen LogP contribution is 2.34. The zero-order valence-corrected chi connectivity index (χ0v) is 9.84. The number of nitrogens with zero attached hydrogens (tertiary/aromatic N) is 1. The second kappa shape index (κ2) is 4.14. The average molecular weight is 241 g/mol. The highest BCUT2D eigenvalue weighted by atomic mass is 16.5. The van der Waals surface area contributed by atoms with E-state index >= 15 is 0 Å². The van der Waals surface area contributed by atoms with Crippen molar-refractivity contribution >= 4 is 5.78 Å². The number of aromatic nitrogens is 1. The van der Waals surface area contributed by atoms with Gasteiger partial charge in [-0.25, -0.2) is 4.98 Å². The molecule has 0 radical (unpaired) electrons. The van der Waals surface area contributed by atoms with Gasteiger partial charge in [-0.2, -0.15) is 0 Å². The number of hydrogen-bond donors (Lipinski definition) is 0. The van der Waals surface area contributed by atoms with Crippen LogP contribution in [0.3, 0.4) is 0 Å². The smallest absolute Gasteiger partial charge is 0.230 e. The second-order valence-electron chi connectivity index (χ2n) is 4.03. The van der Waals surface area contributed by atoms with Crippen LogP contribution in [-0.2, 0) is 6.42 Å². The molecule has 3 rings (SSSR count). The number of ether oxygens (including phenoxy) is 2. The summed E-state index contributed by atoms with van der Waals surface area (Å²) in [5.74, 6) is 1.69. The topological polar surface area (TPSA) is 48.4 Å². The normalized spacial score (nSPS) is 13.1. The van der Waals surface area contributed by atoms with Gasteiger partial charge in [-0.1, -0.05) is 6.07 Å². The monoisotopic (exact) mass is 241 g/mol. The van der Waals surface area contributed by atoms with Gasteiger partial charge >= 0.3 is 0 Å². The Morgan fingerprint density at radius 1 is 1.33 bits per heavy atom. The first kappa shape index (κ1) is 10.8. The van der Waals surface area contributed by atoms with E-state index in [1.54, 1.807) is 31.5 Å². The maximum Gasteiger partial charge on any atom is 0.230 e.